The summed E-state index contributed by atoms with van der Waals surface area (Å²) in [6.45, 7) is 13.4. The number of hydrogen-bond donors (Lipinski definition) is 1. The number of fused-ring (bicyclic) bond motifs is 5. The lowest BCUT2D eigenvalue weighted by Crippen LogP contribution is -3.00. The summed E-state index contributed by atoms with van der Waals surface area (Å²) in [7, 11) is 4.69. The predicted molar refractivity (Wildman–Crippen MR) is 162 cm³/mol. The van der Waals surface area contributed by atoms with Gasteiger partial charge in [-0.3, -0.25) is 4.79 Å². The van der Waals surface area contributed by atoms with Crippen LogP contribution in [0.2, 0.25) is 0 Å². The molecule has 0 bridgehead atoms. The number of rotatable bonds is 13. The Balaban J connectivity index is 0.00000420. The fourth-order valence-corrected chi connectivity index (χ4v) is 10.7. The number of carbonyl (C=O) groups excluding carboxylic acids is 1. The largest absolute Gasteiger partial charge is 1.00 e. The molecule has 0 aromatic carbocycles. The average molecular weight is 657 g/mol. The zero-order valence-electron chi connectivity index (χ0n) is 26.8. The molecule has 4 unspecified atom stereocenters. The number of quaternary nitrogens is 1. The lowest BCUT2D eigenvalue weighted by atomic mass is 9.44. The highest BCUT2D eigenvalue weighted by atomic mass is 127. The maximum Gasteiger partial charge on any atom is 0.220 e. The lowest BCUT2D eigenvalue weighted by Gasteiger charge is -2.61. The minimum Gasteiger partial charge on any atom is -1.00 e. The summed E-state index contributed by atoms with van der Waals surface area (Å²) >= 11 is 0. The van der Waals surface area contributed by atoms with Crippen molar-refractivity contribution in [2.24, 2.45) is 46.3 Å². The van der Waals surface area contributed by atoms with Gasteiger partial charge in [0.05, 0.1) is 27.2 Å². The Bertz CT molecular complexity index is 770. The van der Waals surface area contributed by atoms with E-state index in [1.807, 2.05) is 0 Å². The molecular weight excluding hydrogens is 591 g/mol. The normalized spacial score (nSPS) is 36.7. The third-order valence-corrected chi connectivity index (χ3v) is 13.0. The molecule has 4 heteroatoms. The SMILES string of the molecule is CCCCCC[N+](C)(C)CCCNC(=O)CC[C@@H](C)[C@H]1CCC2C3CCC4CCCC[C@]4(C)C3CC[C@@]21C.[I-]. The molecular formula is C35H65IN2O. The minimum atomic E-state index is 0. The Labute approximate surface area is 260 Å². The summed E-state index contributed by atoms with van der Waals surface area (Å²) in [6.07, 6.45) is 23.1. The number of nitrogens with zero attached hydrogens (tertiary/aromatic N) is 1. The molecule has 0 radical (unpaired) electrons. The summed E-state index contributed by atoms with van der Waals surface area (Å²) in [5.74, 6) is 5.74. The Morgan fingerprint density at radius 2 is 1.62 bits per heavy atom. The van der Waals surface area contributed by atoms with E-state index in [2.05, 4.69) is 47.1 Å². The van der Waals surface area contributed by atoms with Gasteiger partial charge in [0.2, 0.25) is 5.91 Å². The van der Waals surface area contributed by atoms with Gasteiger partial charge in [-0.15, -0.1) is 0 Å². The van der Waals surface area contributed by atoms with Crippen LogP contribution in [-0.4, -0.2) is 44.1 Å². The van der Waals surface area contributed by atoms with Crippen LogP contribution >= 0.6 is 0 Å². The molecule has 4 saturated carbocycles. The van der Waals surface area contributed by atoms with Crippen molar-refractivity contribution in [3.05, 3.63) is 0 Å². The minimum absolute atomic E-state index is 0. The highest BCUT2D eigenvalue weighted by Gasteiger charge is 2.60. The van der Waals surface area contributed by atoms with E-state index < -0.39 is 0 Å². The van der Waals surface area contributed by atoms with Gasteiger partial charge >= 0.3 is 0 Å². The molecule has 1 N–H and O–H groups in total. The van der Waals surface area contributed by atoms with Crippen molar-refractivity contribution < 1.29 is 33.3 Å². The first-order valence-corrected chi connectivity index (χ1v) is 17.2. The Morgan fingerprint density at radius 3 is 2.38 bits per heavy atom. The zero-order valence-corrected chi connectivity index (χ0v) is 29.0. The molecule has 3 nitrogen and oxygen atoms in total. The molecule has 4 rings (SSSR count). The number of amides is 1. The summed E-state index contributed by atoms with van der Waals surface area (Å²) < 4.78 is 1.08. The monoisotopic (exact) mass is 656 g/mol. The third-order valence-electron chi connectivity index (χ3n) is 13.0. The van der Waals surface area contributed by atoms with E-state index in [0.717, 1.165) is 66.4 Å². The van der Waals surface area contributed by atoms with E-state index in [1.54, 1.807) is 0 Å². The fraction of sp³-hybridized carbons (Fsp3) is 0.971. The third kappa shape index (κ3) is 7.77. The second-order valence-corrected chi connectivity index (χ2v) is 15.8. The molecule has 4 aliphatic carbocycles. The van der Waals surface area contributed by atoms with Crippen molar-refractivity contribution in [1.82, 2.24) is 5.32 Å². The van der Waals surface area contributed by atoms with Gasteiger partial charge in [-0.05, 0) is 117 Å². The number of unbranched alkanes of at least 4 members (excludes halogenated alkanes) is 3. The maximum atomic E-state index is 12.7. The molecule has 1 amide bonds. The van der Waals surface area contributed by atoms with E-state index in [-0.39, 0.29) is 29.9 Å². The average Bonchev–Trinajstić information content (AvgIpc) is 3.25. The number of hydrogen-bond acceptors (Lipinski definition) is 1. The van der Waals surface area contributed by atoms with Crippen LogP contribution in [0.3, 0.4) is 0 Å². The standard InChI is InChI=1S/C35H64N2O.HI/c1-7-8-9-12-25-37(5,6)26-13-24-36-33(38)20-15-27(2)30-18-19-31-29-17-16-28-14-10-11-22-34(28,3)32(29)21-23-35(30,31)4;/h27-32H,7-26H2,1-6H3;1H/t27-,28?,29?,30-,31?,32?,34+,35-;/m1./s1. The van der Waals surface area contributed by atoms with Crippen LogP contribution in [0.15, 0.2) is 0 Å². The summed E-state index contributed by atoms with van der Waals surface area (Å²) in [5.41, 5.74) is 1.17. The first kappa shape index (κ1) is 33.7. The molecule has 0 aromatic rings. The fourth-order valence-electron chi connectivity index (χ4n) is 10.7. The van der Waals surface area contributed by atoms with Crippen LogP contribution in [0.1, 0.15) is 137 Å². The summed E-state index contributed by atoms with van der Waals surface area (Å²) in [4.78, 5) is 12.7. The van der Waals surface area contributed by atoms with Crippen molar-refractivity contribution in [3.63, 3.8) is 0 Å². The lowest BCUT2D eigenvalue weighted by molar-refractivity contribution is -0.890. The molecule has 4 fully saturated rings. The second kappa shape index (κ2) is 14.6. The Morgan fingerprint density at radius 1 is 0.872 bits per heavy atom. The van der Waals surface area contributed by atoms with E-state index in [9.17, 15) is 4.79 Å². The van der Waals surface area contributed by atoms with Gasteiger partial charge in [0.25, 0.3) is 0 Å². The quantitative estimate of drug-likeness (QED) is 0.156. The van der Waals surface area contributed by atoms with Gasteiger partial charge in [0.15, 0.2) is 0 Å². The van der Waals surface area contributed by atoms with Gasteiger partial charge in [-0.25, -0.2) is 0 Å². The topological polar surface area (TPSA) is 29.1 Å². The molecule has 0 aromatic heterocycles. The first-order valence-electron chi connectivity index (χ1n) is 17.2. The van der Waals surface area contributed by atoms with E-state index in [0.29, 0.717) is 16.7 Å². The van der Waals surface area contributed by atoms with Crippen LogP contribution in [0.25, 0.3) is 0 Å². The molecule has 4 aliphatic rings. The number of carbonyl (C=O) groups is 1. The van der Waals surface area contributed by atoms with Gasteiger partial charge < -0.3 is 33.8 Å². The van der Waals surface area contributed by atoms with E-state index in [4.69, 9.17) is 0 Å². The van der Waals surface area contributed by atoms with Crippen LogP contribution in [0, 0.1) is 46.3 Å². The van der Waals surface area contributed by atoms with E-state index >= 15 is 0 Å². The van der Waals surface area contributed by atoms with E-state index in [1.165, 1.54) is 96.4 Å². The molecule has 8 atom stereocenters. The number of halogens is 1. The molecule has 0 saturated heterocycles. The van der Waals surface area contributed by atoms with Gasteiger partial charge in [0, 0.05) is 19.4 Å². The molecule has 0 heterocycles. The van der Waals surface area contributed by atoms with Crippen LogP contribution < -0.4 is 29.3 Å². The summed E-state index contributed by atoms with van der Waals surface area (Å²) in [5, 5.41) is 3.26. The molecule has 0 aliphatic heterocycles. The van der Waals surface area contributed by atoms with Crippen molar-refractivity contribution in [3.8, 4) is 0 Å². The van der Waals surface area contributed by atoms with Crippen molar-refractivity contribution in [2.45, 2.75) is 137 Å². The molecule has 39 heavy (non-hydrogen) atoms. The van der Waals surface area contributed by atoms with Crippen LogP contribution in [0.4, 0.5) is 0 Å². The predicted octanol–water partition coefficient (Wildman–Crippen LogP) is 5.62. The highest BCUT2D eigenvalue weighted by Crippen LogP contribution is 2.68. The Hall–Kier alpha value is 0.160. The van der Waals surface area contributed by atoms with Crippen LogP contribution in [0.5, 0.6) is 0 Å². The number of nitrogens with one attached hydrogen (secondary N) is 1. The maximum absolute atomic E-state index is 12.7. The zero-order chi connectivity index (χ0) is 27.4. The van der Waals surface area contributed by atoms with Crippen LogP contribution in [-0.2, 0) is 4.79 Å². The second-order valence-electron chi connectivity index (χ2n) is 15.8. The van der Waals surface area contributed by atoms with Crippen molar-refractivity contribution >= 4 is 5.91 Å². The summed E-state index contributed by atoms with van der Waals surface area (Å²) in [6, 6.07) is 0. The van der Waals surface area contributed by atoms with Gasteiger partial charge in [-0.2, -0.15) is 0 Å². The van der Waals surface area contributed by atoms with Gasteiger partial charge in [-0.1, -0.05) is 53.4 Å². The Kier molecular flexibility index (Phi) is 12.6. The van der Waals surface area contributed by atoms with Crippen molar-refractivity contribution in [1.29, 1.82) is 0 Å². The van der Waals surface area contributed by atoms with Crippen molar-refractivity contribution in [2.75, 3.05) is 33.7 Å². The molecule has 228 valence electrons. The smallest absolute Gasteiger partial charge is 0.220 e. The first-order chi connectivity index (χ1) is 18.1. The molecule has 0 spiro atoms. The van der Waals surface area contributed by atoms with Gasteiger partial charge in [0.1, 0.15) is 0 Å². The highest BCUT2D eigenvalue weighted by molar-refractivity contribution is 5.75.